The number of aliphatic carboxylic acids is 2. The van der Waals surface area contributed by atoms with Crippen molar-refractivity contribution in [3.05, 3.63) is 46.3 Å². The summed E-state index contributed by atoms with van der Waals surface area (Å²) in [5.74, 6) is -3.56. The van der Waals surface area contributed by atoms with Crippen molar-refractivity contribution in [2.45, 2.75) is 49.3 Å². The molecule has 0 bridgehead atoms. The molecule has 0 aliphatic heterocycles. The smallest absolute Gasteiger partial charge is 0.414 e. The molecule has 2 aromatic heterocycles. The Morgan fingerprint density at radius 3 is 2.32 bits per heavy atom. The van der Waals surface area contributed by atoms with E-state index in [1.54, 1.807) is 18.0 Å². The number of thiophene rings is 1. The number of pyridine rings is 1. The number of carboxylic acids is 2. The quantitative estimate of drug-likeness (QED) is 0.215. The van der Waals surface area contributed by atoms with Gasteiger partial charge in [0.1, 0.15) is 5.03 Å². The molecule has 0 aromatic carbocycles. The maximum Gasteiger partial charge on any atom is 0.414 e. The van der Waals surface area contributed by atoms with Gasteiger partial charge in [-0.3, -0.25) is 4.79 Å². The second-order valence-corrected chi connectivity index (χ2v) is 9.58. The standard InChI is InChI=1S/C20H28N2OS2.C2H2O4/c1-16(10-6-4-5-7-14-22(2)3)25-20-17(11-8-13-21-20)19(23)18-12-9-15-24-18;3-1(4)2(5)6/h8-9,11-13,15-16H,4-7,10,14H2,1-3H3;(H,3,4)(H,5,6). The molecule has 0 fully saturated rings. The maximum absolute atomic E-state index is 12.7. The van der Waals surface area contributed by atoms with Crippen molar-refractivity contribution < 1.29 is 24.6 Å². The molecule has 0 spiro atoms. The van der Waals surface area contributed by atoms with E-state index in [2.05, 4.69) is 30.9 Å². The van der Waals surface area contributed by atoms with Crippen LogP contribution in [0.3, 0.4) is 0 Å². The van der Waals surface area contributed by atoms with Crippen LogP contribution in [0, 0.1) is 0 Å². The monoisotopic (exact) mass is 466 g/mol. The van der Waals surface area contributed by atoms with E-state index in [1.165, 1.54) is 43.6 Å². The molecule has 2 rings (SSSR count). The molecule has 2 aromatic rings. The number of nitrogens with zero attached hydrogens (tertiary/aromatic N) is 2. The first-order valence-electron chi connectivity index (χ1n) is 10.0. The Kier molecular flexibility index (Phi) is 12.7. The maximum atomic E-state index is 12.7. The van der Waals surface area contributed by atoms with Gasteiger partial charge in [0, 0.05) is 11.4 Å². The van der Waals surface area contributed by atoms with Gasteiger partial charge in [-0.2, -0.15) is 0 Å². The fraction of sp³-hybridized carbons (Fsp3) is 0.455. The van der Waals surface area contributed by atoms with E-state index in [1.807, 2.05) is 29.6 Å². The van der Waals surface area contributed by atoms with Crippen LogP contribution in [0.4, 0.5) is 0 Å². The van der Waals surface area contributed by atoms with Crippen molar-refractivity contribution in [2.24, 2.45) is 0 Å². The molecule has 170 valence electrons. The molecule has 0 aliphatic rings. The van der Waals surface area contributed by atoms with Crippen molar-refractivity contribution in [3.63, 3.8) is 0 Å². The zero-order valence-electron chi connectivity index (χ0n) is 18.1. The van der Waals surface area contributed by atoms with Gasteiger partial charge in [-0.15, -0.1) is 23.1 Å². The summed E-state index contributed by atoms with van der Waals surface area (Å²) in [6.07, 6.45) is 8.03. The van der Waals surface area contributed by atoms with E-state index in [0.29, 0.717) is 5.25 Å². The van der Waals surface area contributed by atoms with E-state index in [4.69, 9.17) is 19.8 Å². The van der Waals surface area contributed by atoms with E-state index in [0.717, 1.165) is 21.9 Å². The highest BCUT2D eigenvalue weighted by Crippen LogP contribution is 2.29. The van der Waals surface area contributed by atoms with Crippen LogP contribution in [0.2, 0.25) is 0 Å². The van der Waals surface area contributed by atoms with Gasteiger partial charge >= 0.3 is 11.9 Å². The minimum Gasteiger partial charge on any atom is -0.473 e. The number of carbonyl (C=O) groups excluding carboxylic acids is 1. The minimum absolute atomic E-state index is 0.0847. The molecule has 31 heavy (non-hydrogen) atoms. The first kappa shape index (κ1) is 26.8. The van der Waals surface area contributed by atoms with Gasteiger partial charge in [0.25, 0.3) is 0 Å². The number of ketones is 1. The van der Waals surface area contributed by atoms with Crippen LogP contribution in [0.25, 0.3) is 0 Å². The molecule has 7 nitrogen and oxygen atoms in total. The highest BCUT2D eigenvalue weighted by molar-refractivity contribution is 7.99. The molecule has 0 amide bonds. The summed E-state index contributed by atoms with van der Waals surface area (Å²) in [5, 5.41) is 18.1. The summed E-state index contributed by atoms with van der Waals surface area (Å²) in [6, 6.07) is 7.54. The Balaban J connectivity index is 0.000000703. The third-order valence-corrected chi connectivity index (χ3v) is 6.28. The molecule has 0 saturated carbocycles. The second kappa shape index (κ2) is 14.7. The second-order valence-electron chi connectivity index (χ2n) is 7.21. The molecule has 2 N–H and O–H groups in total. The van der Waals surface area contributed by atoms with Crippen molar-refractivity contribution in [3.8, 4) is 0 Å². The van der Waals surface area contributed by atoms with Gasteiger partial charge in [0.15, 0.2) is 0 Å². The highest BCUT2D eigenvalue weighted by Gasteiger charge is 2.17. The van der Waals surface area contributed by atoms with E-state index in [-0.39, 0.29) is 5.78 Å². The largest absolute Gasteiger partial charge is 0.473 e. The molecule has 0 saturated heterocycles. The summed E-state index contributed by atoms with van der Waals surface area (Å²) in [6.45, 7) is 3.41. The summed E-state index contributed by atoms with van der Waals surface area (Å²) < 4.78 is 0. The number of hydrogen-bond acceptors (Lipinski definition) is 7. The Labute approximate surface area is 191 Å². The summed E-state index contributed by atoms with van der Waals surface area (Å²) in [4.78, 5) is 38.3. The van der Waals surface area contributed by atoms with E-state index in [9.17, 15) is 4.79 Å². The number of unbranched alkanes of at least 4 members (excludes halogenated alkanes) is 3. The number of hydrogen-bond donors (Lipinski definition) is 2. The number of carboxylic acid groups (broad SMARTS) is 2. The summed E-state index contributed by atoms with van der Waals surface area (Å²) >= 11 is 3.22. The highest BCUT2D eigenvalue weighted by atomic mass is 32.2. The van der Waals surface area contributed by atoms with Gasteiger partial charge in [-0.25, -0.2) is 14.6 Å². The summed E-state index contributed by atoms with van der Waals surface area (Å²) in [7, 11) is 4.25. The Hall–Kier alpha value is -2.23. The predicted molar refractivity (Wildman–Crippen MR) is 124 cm³/mol. The topological polar surface area (TPSA) is 108 Å². The molecule has 2 heterocycles. The Bertz CT molecular complexity index is 813. The van der Waals surface area contributed by atoms with Gasteiger partial charge in [-0.1, -0.05) is 32.3 Å². The van der Waals surface area contributed by atoms with Crippen molar-refractivity contribution >= 4 is 40.8 Å². The van der Waals surface area contributed by atoms with Gasteiger partial charge < -0.3 is 15.1 Å². The molecule has 0 aliphatic carbocycles. The Morgan fingerprint density at radius 2 is 1.74 bits per heavy atom. The first-order chi connectivity index (χ1) is 14.7. The minimum atomic E-state index is -1.82. The fourth-order valence-electron chi connectivity index (χ4n) is 2.66. The van der Waals surface area contributed by atoms with E-state index >= 15 is 0 Å². The van der Waals surface area contributed by atoms with Gasteiger partial charge in [0.05, 0.1) is 10.4 Å². The fourth-order valence-corrected chi connectivity index (χ4v) is 4.41. The lowest BCUT2D eigenvalue weighted by molar-refractivity contribution is -0.159. The average molecular weight is 467 g/mol. The zero-order chi connectivity index (χ0) is 23.2. The molecule has 0 radical (unpaired) electrons. The summed E-state index contributed by atoms with van der Waals surface area (Å²) in [5.41, 5.74) is 0.729. The van der Waals surface area contributed by atoms with Gasteiger partial charge in [0.2, 0.25) is 5.78 Å². The van der Waals surface area contributed by atoms with Crippen LogP contribution in [0.5, 0.6) is 0 Å². The Morgan fingerprint density at radius 1 is 1.06 bits per heavy atom. The lowest BCUT2D eigenvalue weighted by Gasteiger charge is -2.13. The number of carbonyl (C=O) groups is 3. The zero-order valence-corrected chi connectivity index (χ0v) is 19.7. The van der Waals surface area contributed by atoms with Crippen LogP contribution >= 0.6 is 23.1 Å². The average Bonchev–Trinajstić information content (AvgIpc) is 3.25. The number of aromatic nitrogens is 1. The SMILES string of the molecule is CC(CCCCCCN(C)C)Sc1ncccc1C(=O)c1cccs1.O=C(O)C(=O)O. The number of thioether (sulfide) groups is 1. The molecule has 9 heteroatoms. The van der Waals surface area contributed by atoms with Crippen molar-refractivity contribution in [1.82, 2.24) is 9.88 Å². The molecule has 1 unspecified atom stereocenters. The first-order valence-corrected chi connectivity index (χ1v) is 11.8. The van der Waals surface area contributed by atoms with Gasteiger partial charge in [-0.05, 0) is 57.1 Å². The lowest BCUT2D eigenvalue weighted by atomic mass is 10.1. The third-order valence-electron chi connectivity index (χ3n) is 4.22. The third kappa shape index (κ3) is 11.1. The van der Waals surface area contributed by atoms with Crippen LogP contribution in [-0.4, -0.2) is 63.7 Å². The van der Waals surface area contributed by atoms with Crippen molar-refractivity contribution in [1.29, 1.82) is 0 Å². The van der Waals surface area contributed by atoms with E-state index < -0.39 is 11.9 Å². The van der Waals surface area contributed by atoms with Crippen LogP contribution < -0.4 is 0 Å². The lowest BCUT2D eigenvalue weighted by Crippen LogP contribution is -2.12. The molecule has 1 atom stereocenters. The molecular weight excluding hydrogens is 436 g/mol. The van der Waals surface area contributed by atoms with Crippen LogP contribution in [0.1, 0.15) is 54.3 Å². The normalized spacial score (nSPS) is 11.5. The molecular formula is C22H30N2O5S2. The van der Waals surface area contributed by atoms with Crippen molar-refractivity contribution in [2.75, 3.05) is 20.6 Å². The predicted octanol–water partition coefficient (Wildman–Crippen LogP) is 4.52. The van der Waals surface area contributed by atoms with Crippen LogP contribution in [-0.2, 0) is 9.59 Å². The number of rotatable bonds is 11. The van der Waals surface area contributed by atoms with Crippen LogP contribution in [0.15, 0.2) is 40.9 Å².